The third-order valence-corrected chi connectivity index (χ3v) is 5.24. The molecule has 1 aliphatic carbocycles. The van der Waals surface area contributed by atoms with Gasteiger partial charge in [-0.1, -0.05) is 60.7 Å². The van der Waals surface area contributed by atoms with Crippen LogP contribution in [-0.2, 0) is 10.8 Å². The number of benzene rings is 2. The van der Waals surface area contributed by atoms with Crippen LogP contribution in [0.25, 0.3) is 11.1 Å². The van der Waals surface area contributed by atoms with Gasteiger partial charge in [-0.2, -0.15) is 0 Å². The smallest absolute Gasteiger partial charge is 0.0862 e. The molecule has 1 atom stereocenters. The van der Waals surface area contributed by atoms with Gasteiger partial charge in [0, 0.05) is 16.6 Å². The van der Waals surface area contributed by atoms with Gasteiger partial charge in [0.2, 0.25) is 0 Å². The van der Waals surface area contributed by atoms with Crippen molar-refractivity contribution in [3.05, 3.63) is 71.8 Å². The standard InChI is InChI=1S/C17H16OS/c1-12(2)11-19(18)17-15-9-5-3-7-13(15)14-8-4-6-10-16(14)17/h3-10,17H,1,11H2,2H3. The molecule has 2 aromatic rings. The topological polar surface area (TPSA) is 17.1 Å². The van der Waals surface area contributed by atoms with Crippen molar-refractivity contribution in [1.82, 2.24) is 0 Å². The minimum absolute atomic E-state index is 0.0101. The van der Waals surface area contributed by atoms with Gasteiger partial charge in [-0.15, -0.1) is 0 Å². The van der Waals surface area contributed by atoms with Crippen LogP contribution in [0.15, 0.2) is 60.7 Å². The highest BCUT2D eigenvalue weighted by Crippen LogP contribution is 2.46. The van der Waals surface area contributed by atoms with E-state index in [0.29, 0.717) is 5.75 Å². The molecule has 0 amide bonds. The molecule has 0 spiro atoms. The largest absolute Gasteiger partial charge is 0.258 e. The lowest BCUT2D eigenvalue weighted by Gasteiger charge is -2.13. The minimum atomic E-state index is -0.948. The second kappa shape index (κ2) is 4.78. The summed E-state index contributed by atoms with van der Waals surface area (Å²) in [6, 6.07) is 16.6. The van der Waals surface area contributed by atoms with E-state index in [1.807, 2.05) is 31.2 Å². The SMILES string of the molecule is C=C(C)CS(=O)C1c2ccccc2-c2ccccc21. The van der Waals surface area contributed by atoms with Gasteiger partial charge in [-0.25, -0.2) is 0 Å². The first kappa shape index (κ1) is 12.4. The molecular formula is C17H16OS. The molecule has 2 heteroatoms. The van der Waals surface area contributed by atoms with Crippen LogP contribution in [0, 0.1) is 0 Å². The van der Waals surface area contributed by atoms with Gasteiger partial charge in [-0.05, 0) is 29.2 Å². The van der Waals surface area contributed by atoms with E-state index in [9.17, 15) is 4.21 Å². The average molecular weight is 268 g/mol. The number of fused-ring (bicyclic) bond motifs is 3. The van der Waals surface area contributed by atoms with E-state index in [1.54, 1.807) is 0 Å². The Morgan fingerprint density at radius 2 is 1.53 bits per heavy atom. The molecule has 0 saturated heterocycles. The van der Waals surface area contributed by atoms with E-state index < -0.39 is 10.8 Å². The second-order valence-electron chi connectivity index (χ2n) is 5.04. The lowest BCUT2D eigenvalue weighted by Crippen LogP contribution is -2.09. The number of hydrogen-bond donors (Lipinski definition) is 0. The van der Waals surface area contributed by atoms with Crippen LogP contribution in [-0.4, -0.2) is 9.96 Å². The van der Waals surface area contributed by atoms with Crippen molar-refractivity contribution < 1.29 is 4.21 Å². The van der Waals surface area contributed by atoms with Crippen molar-refractivity contribution in [3.63, 3.8) is 0 Å². The zero-order valence-electron chi connectivity index (χ0n) is 10.9. The predicted molar refractivity (Wildman–Crippen MR) is 81.5 cm³/mol. The fourth-order valence-corrected chi connectivity index (χ4v) is 4.35. The summed E-state index contributed by atoms with van der Waals surface area (Å²) >= 11 is 0. The molecule has 0 aliphatic heterocycles. The van der Waals surface area contributed by atoms with Crippen LogP contribution >= 0.6 is 0 Å². The second-order valence-corrected chi connectivity index (χ2v) is 6.56. The monoisotopic (exact) mass is 268 g/mol. The quantitative estimate of drug-likeness (QED) is 0.767. The van der Waals surface area contributed by atoms with Crippen molar-refractivity contribution >= 4 is 10.8 Å². The molecule has 3 rings (SSSR count). The maximum absolute atomic E-state index is 12.6. The molecule has 1 aliphatic rings. The third kappa shape index (κ3) is 2.06. The molecule has 0 fully saturated rings. The Hall–Kier alpha value is -1.67. The number of hydrogen-bond acceptors (Lipinski definition) is 1. The molecule has 0 aromatic heterocycles. The normalized spacial score (nSPS) is 14.8. The van der Waals surface area contributed by atoms with E-state index in [0.717, 1.165) is 5.57 Å². The first-order valence-corrected chi connectivity index (χ1v) is 7.76. The molecule has 0 bridgehead atoms. The van der Waals surface area contributed by atoms with Crippen molar-refractivity contribution in [2.45, 2.75) is 12.2 Å². The first-order valence-electron chi connectivity index (χ1n) is 6.38. The van der Waals surface area contributed by atoms with Gasteiger partial charge >= 0.3 is 0 Å². The minimum Gasteiger partial charge on any atom is -0.258 e. The Kier molecular flexibility index (Phi) is 3.11. The lowest BCUT2D eigenvalue weighted by molar-refractivity contribution is 0.680. The molecule has 19 heavy (non-hydrogen) atoms. The summed E-state index contributed by atoms with van der Waals surface area (Å²) < 4.78 is 12.6. The molecule has 0 N–H and O–H groups in total. The Labute approximate surface area is 116 Å². The highest BCUT2D eigenvalue weighted by Gasteiger charge is 2.31. The van der Waals surface area contributed by atoms with Crippen LogP contribution in [0.5, 0.6) is 0 Å². The van der Waals surface area contributed by atoms with E-state index in [-0.39, 0.29) is 5.25 Å². The van der Waals surface area contributed by atoms with Gasteiger partial charge in [0.05, 0.1) is 5.25 Å². The van der Waals surface area contributed by atoms with Crippen LogP contribution < -0.4 is 0 Å². The highest BCUT2D eigenvalue weighted by molar-refractivity contribution is 7.85. The highest BCUT2D eigenvalue weighted by atomic mass is 32.2. The molecule has 0 saturated carbocycles. The Morgan fingerprint density at radius 3 is 2.00 bits per heavy atom. The molecular weight excluding hydrogens is 252 g/mol. The summed E-state index contributed by atoms with van der Waals surface area (Å²) in [4.78, 5) is 0. The van der Waals surface area contributed by atoms with E-state index >= 15 is 0 Å². The van der Waals surface area contributed by atoms with Crippen molar-refractivity contribution in [2.75, 3.05) is 5.75 Å². The summed E-state index contributed by atoms with van der Waals surface area (Å²) in [7, 11) is -0.948. The lowest BCUT2D eigenvalue weighted by atomic mass is 10.1. The first-order chi connectivity index (χ1) is 9.18. The van der Waals surface area contributed by atoms with Gasteiger partial charge in [0.1, 0.15) is 0 Å². The summed E-state index contributed by atoms with van der Waals surface area (Å²) in [5, 5.41) is -0.0101. The van der Waals surface area contributed by atoms with Gasteiger partial charge < -0.3 is 0 Å². The van der Waals surface area contributed by atoms with Crippen LogP contribution in [0.3, 0.4) is 0 Å². The maximum atomic E-state index is 12.6. The van der Waals surface area contributed by atoms with E-state index in [2.05, 4.69) is 30.8 Å². The number of rotatable bonds is 3. The van der Waals surface area contributed by atoms with Crippen LogP contribution in [0.1, 0.15) is 23.3 Å². The molecule has 1 nitrogen and oxygen atoms in total. The van der Waals surface area contributed by atoms with Gasteiger partial charge in [0.25, 0.3) is 0 Å². The summed E-state index contributed by atoms with van der Waals surface area (Å²) in [5.74, 6) is 0.563. The molecule has 2 aromatic carbocycles. The van der Waals surface area contributed by atoms with Crippen molar-refractivity contribution in [3.8, 4) is 11.1 Å². The molecule has 96 valence electrons. The third-order valence-electron chi connectivity index (χ3n) is 3.43. The van der Waals surface area contributed by atoms with Crippen molar-refractivity contribution in [1.29, 1.82) is 0 Å². The Morgan fingerprint density at radius 1 is 1.05 bits per heavy atom. The summed E-state index contributed by atoms with van der Waals surface area (Å²) in [6.07, 6.45) is 0. The molecule has 0 heterocycles. The Bertz CT molecular complexity index is 627. The van der Waals surface area contributed by atoms with Gasteiger partial charge in [0.15, 0.2) is 0 Å². The zero-order valence-corrected chi connectivity index (χ0v) is 11.7. The van der Waals surface area contributed by atoms with E-state index in [1.165, 1.54) is 22.3 Å². The van der Waals surface area contributed by atoms with Gasteiger partial charge in [-0.3, -0.25) is 4.21 Å². The fraction of sp³-hybridized carbons (Fsp3) is 0.176. The average Bonchev–Trinajstić information content (AvgIpc) is 2.72. The Balaban J connectivity index is 2.15. The summed E-state index contributed by atoms with van der Waals surface area (Å²) in [5.41, 5.74) is 5.78. The molecule has 0 radical (unpaired) electrons. The van der Waals surface area contributed by atoms with Crippen molar-refractivity contribution in [2.24, 2.45) is 0 Å². The fourth-order valence-electron chi connectivity index (χ4n) is 2.72. The maximum Gasteiger partial charge on any atom is 0.0862 e. The van der Waals surface area contributed by atoms with Crippen LogP contribution in [0.4, 0.5) is 0 Å². The van der Waals surface area contributed by atoms with Crippen LogP contribution in [0.2, 0.25) is 0 Å². The molecule has 1 unspecified atom stereocenters. The predicted octanol–water partition coefficient (Wildman–Crippen LogP) is 4.08. The summed E-state index contributed by atoms with van der Waals surface area (Å²) in [6.45, 7) is 5.82. The van der Waals surface area contributed by atoms with E-state index in [4.69, 9.17) is 0 Å². The zero-order chi connectivity index (χ0) is 13.4.